The minimum atomic E-state index is -4.59. The van der Waals surface area contributed by atoms with Gasteiger partial charge in [0.05, 0.1) is 11.3 Å². The van der Waals surface area contributed by atoms with Crippen molar-refractivity contribution in [3.63, 3.8) is 0 Å². The highest BCUT2D eigenvalue weighted by Gasteiger charge is 2.35. The Morgan fingerprint density at radius 1 is 1.11 bits per heavy atom. The number of benzene rings is 2. The number of halogens is 3. The quantitative estimate of drug-likeness (QED) is 0.851. The highest BCUT2D eigenvalue weighted by Crippen LogP contribution is 2.34. The molecule has 1 atom stereocenters. The van der Waals surface area contributed by atoms with Crippen LogP contribution in [0.25, 0.3) is 0 Å². The molecule has 1 aliphatic rings. The molecule has 1 fully saturated rings. The van der Waals surface area contributed by atoms with Crippen molar-refractivity contribution < 1.29 is 22.8 Å². The zero-order valence-electron chi connectivity index (χ0n) is 14.5. The van der Waals surface area contributed by atoms with Crippen LogP contribution in [0.2, 0.25) is 0 Å². The molecule has 27 heavy (non-hydrogen) atoms. The number of para-hydroxylation sites is 1. The Labute approximate surface area is 154 Å². The van der Waals surface area contributed by atoms with Crippen molar-refractivity contribution >= 4 is 23.3 Å². The Morgan fingerprint density at radius 2 is 1.78 bits per heavy atom. The van der Waals surface area contributed by atoms with E-state index in [1.807, 2.05) is 31.2 Å². The predicted molar refractivity (Wildman–Crippen MR) is 95.5 cm³/mol. The average Bonchev–Trinajstić information content (AvgIpc) is 2.96. The molecule has 142 valence electrons. The third-order valence-electron chi connectivity index (χ3n) is 4.34. The van der Waals surface area contributed by atoms with Gasteiger partial charge in [0.2, 0.25) is 5.91 Å². The van der Waals surface area contributed by atoms with Crippen molar-refractivity contribution in [1.29, 1.82) is 0 Å². The van der Waals surface area contributed by atoms with Crippen molar-refractivity contribution in [2.45, 2.75) is 25.6 Å². The zero-order chi connectivity index (χ0) is 19.6. The predicted octanol–water partition coefficient (Wildman–Crippen LogP) is 3.94. The van der Waals surface area contributed by atoms with E-state index in [2.05, 4.69) is 10.6 Å². The molecule has 1 saturated heterocycles. The van der Waals surface area contributed by atoms with Gasteiger partial charge in [0.1, 0.15) is 6.04 Å². The molecule has 1 heterocycles. The van der Waals surface area contributed by atoms with E-state index in [-0.39, 0.29) is 11.6 Å². The van der Waals surface area contributed by atoms with Crippen molar-refractivity contribution in [2.75, 3.05) is 16.8 Å². The molecule has 0 aliphatic carbocycles. The first-order valence-corrected chi connectivity index (χ1v) is 8.37. The van der Waals surface area contributed by atoms with E-state index in [1.165, 1.54) is 12.1 Å². The molecule has 2 aromatic carbocycles. The second-order valence-corrected chi connectivity index (χ2v) is 6.31. The van der Waals surface area contributed by atoms with Gasteiger partial charge in [0.15, 0.2) is 0 Å². The van der Waals surface area contributed by atoms with E-state index in [1.54, 1.807) is 4.90 Å². The Bertz CT molecular complexity index is 850. The Balaban J connectivity index is 1.66. The molecule has 0 bridgehead atoms. The van der Waals surface area contributed by atoms with Crippen LogP contribution in [-0.4, -0.2) is 24.5 Å². The summed E-state index contributed by atoms with van der Waals surface area (Å²) in [5.74, 6) is -0.293. The SMILES string of the molecule is Cc1ccc(N2CC[C@H](NC(=O)Nc3ccccc3C(F)(F)F)C2=O)cc1. The lowest BCUT2D eigenvalue weighted by molar-refractivity contribution is -0.137. The summed E-state index contributed by atoms with van der Waals surface area (Å²) < 4.78 is 39.0. The highest BCUT2D eigenvalue weighted by atomic mass is 19.4. The number of hydrogen-bond acceptors (Lipinski definition) is 2. The van der Waals surface area contributed by atoms with E-state index in [0.717, 1.165) is 23.4 Å². The third-order valence-corrected chi connectivity index (χ3v) is 4.34. The topological polar surface area (TPSA) is 61.4 Å². The Morgan fingerprint density at radius 3 is 2.44 bits per heavy atom. The van der Waals surface area contributed by atoms with Crippen molar-refractivity contribution in [2.24, 2.45) is 0 Å². The fraction of sp³-hybridized carbons (Fsp3) is 0.263. The maximum absolute atomic E-state index is 13.0. The molecule has 1 aliphatic heterocycles. The van der Waals surface area contributed by atoms with Crippen LogP contribution >= 0.6 is 0 Å². The number of nitrogens with one attached hydrogen (secondary N) is 2. The van der Waals surface area contributed by atoms with Gasteiger partial charge in [-0.3, -0.25) is 4.79 Å². The van der Waals surface area contributed by atoms with Gasteiger partial charge in [0, 0.05) is 12.2 Å². The molecular weight excluding hydrogens is 359 g/mol. The molecule has 5 nitrogen and oxygen atoms in total. The molecule has 8 heteroatoms. The molecule has 0 aromatic heterocycles. The second kappa shape index (κ2) is 7.30. The number of rotatable bonds is 3. The Hall–Kier alpha value is -3.03. The number of hydrogen-bond donors (Lipinski definition) is 2. The van der Waals surface area contributed by atoms with Crippen LogP contribution in [0, 0.1) is 6.92 Å². The lowest BCUT2D eigenvalue weighted by atomic mass is 10.1. The molecule has 3 rings (SSSR count). The van der Waals surface area contributed by atoms with E-state index < -0.39 is 23.8 Å². The summed E-state index contributed by atoms with van der Waals surface area (Å²) in [5, 5.41) is 4.64. The van der Waals surface area contributed by atoms with Gasteiger partial charge in [-0.15, -0.1) is 0 Å². The van der Waals surface area contributed by atoms with Crippen LogP contribution in [0.5, 0.6) is 0 Å². The lowest BCUT2D eigenvalue weighted by Gasteiger charge is -2.18. The standard InChI is InChI=1S/C19H18F3N3O2/c1-12-6-8-13(9-7-12)25-11-10-16(17(25)26)24-18(27)23-15-5-3-2-4-14(15)19(20,21)22/h2-9,16H,10-11H2,1H3,(H2,23,24,27)/t16-/m0/s1. The average molecular weight is 377 g/mol. The van der Waals surface area contributed by atoms with E-state index in [4.69, 9.17) is 0 Å². The molecule has 0 saturated carbocycles. The van der Waals surface area contributed by atoms with Gasteiger partial charge in [-0.1, -0.05) is 29.8 Å². The summed E-state index contributed by atoms with van der Waals surface area (Å²) in [5.41, 5.74) is 0.475. The van der Waals surface area contributed by atoms with Crippen LogP contribution < -0.4 is 15.5 Å². The smallest absolute Gasteiger partial charge is 0.326 e. The summed E-state index contributed by atoms with van der Waals surface area (Å²) >= 11 is 0. The molecule has 0 radical (unpaired) electrons. The normalized spacial score (nSPS) is 17.1. The summed E-state index contributed by atoms with van der Waals surface area (Å²) in [6.07, 6.45) is -4.21. The first-order valence-electron chi connectivity index (χ1n) is 8.37. The van der Waals surface area contributed by atoms with Crippen LogP contribution in [0.15, 0.2) is 48.5 Å². The molecule has 0 unspecified atom stereocenters. The maximum Gasteiger partial charge on any atom is 0.418 e. The van der Waals surface area contributed by atoms with Crippen molar-refractivity contribution in [1.82, 2.24) is 5.32 Å². The number of nitrogens with zero attached hydrogens (tertiary/aromatic N) is 1. The summed E-state index contributed by atoms with van der Waals surface area (Å²) in [4.78, 5) is 26.2. The summed E-state index contributed by atoms with van der Waals surface area (Å²) in [6.45, 7) is 2.36. The number of amides is 3. The van der Waals surface area contributed by atoms with Crippen LogP contribution in [0.4, 0.5) is 29.3 Å². The molecule has 0 spiro atoms. The maximum atomic E-state index is 13.0. The molecule has 3 amide bonds. The van der Waals surface area contributed by atoms with Crippen LogP contribution in [0.3, 0.4) is 0 Å². The summed E-state index contributed by atoms with van der Waals surface area (Å²) in [6, 6.07) is 10.4. The molecule has 2 N–H and O–H groups in total. The largest absolute Gasteiger partial charge is 0.418 e. The fourth-order valence-electron chi connectivity index (χ4n) is 2.95. The minimum Gasteiger partial charge on any atom is -0.326 e. The number of aryl methyl sites for hydroxylation is 1. The van der Waals surface area contributed by atoms with Gasteiger partial charge in [-0.2, -0.15) is 13.2 Å². The number of carbonyl (C=O) groups is 2. The van der Waals surface area contributed by atoms with Gasteiger partial charge in [-0.05, 0) is 37.6 Å². The highest BCUT2D eigenvalue weighted by molar-refractivity contribution is 6.02. The monoisotopic (exact) mass is 377 g/mol. The number of urea groups is 1. The minimum absolute atomic E-state index is 0.293. The zero-order valence-corrected chi connectivity index (χ0v) is 14.5. The first-order chi connectivity index (χ1) is 12.8. The summed E-state index contributed by atoms with van der Waals surface area (Å²) in [7, 11) is 0. The second-order valence-electron chi connectivity index (χ2n) is 6.31. The lowest BCUT2D eigenvalue weighted by Crippen LogP contribution is -2.43. The van der Waals surface area contributed by atoms with Crippen molar-refractivity contribution in [3.05, 3.63) is 59.7 Å². The molecule has 2 aromatic rings. The van der Waals surface area contributed by atoms with E-state index >= 15 is 0 Å². The van der Waals surface area contributed by atoms with Gasteiger partial charge < -0.3 is 15.5 Å². The van der Waals surface area contributed by atoms with E-state index in [9.17, 15) is 22.8 Å². The van der Waals surface area contributed by atoms with Gasteiger partial charge in [0.25, 0.3) is 0 Å². The fourth-order valence-corrected chi connectivity index (χ4v) is 2.95. The number of carbonyl (C=O) groups excluding carboxylic acids is 2. The number of alkyl halides is 3. The number of anilines is 2. The van der Waals surface area contributed by atoms with Crippen molar-refractivity contribution in [3.8, 4) is 0 Å². The third kappa shape index (κ3) is 4.21. The molecular formula is C19H18F3N3O2. The van der Waals surface area contributed by atoms with Crippen LogP contribution in [-0.2, 0) is 11.0 Å². The Kier molecular flexibility index (Phi) is 5.07. The van der Waals surface area contributed by atoms with Crippen LogP contribution in [0.1, 0.15) is 17.5 Å². The van der Waals surface area contributed by atoms with Gasteiger partial charge in [-0.25, -0.2) is 4.79 Å². The van der Waals surface area contributed by atoms with E-state index in [0.29, 0.717) is 13.0 Å². The van der Waals surface area contributed by atoms with Gasteiger partial charge >= 0.3 is 12.2 Å². The first kappa shape index (κ1) is 18.8.